The highest BCUT2D eigenvalue weighted by molar-refractivity contribution is 5.81. The maximum absolute atomic E-state index is 11.9. The van der Waals surface area contributed by atoms with Crippen LogP contribution in [-0.2, 0) is 4.79 Å². The van der Waals surface area contributed by atoms with Crippen LogP contribution in [0.25, 0.3) is 0 Å². The molecule has 1 amide bonds. The quantitative estimate of drug-likeness (QED) is 0.724. The number of hydrogen-bond acceptors (Lipinski definition) is 3. The molecule has 1 aliphatic heterocycles. The minimum Gasteiger partial charge on any atom is -0.395 e. The Kier molecular flexibility index (Phi) is 5.22. The van der Waals surface area contributed by atoms with Gasteiger partial charge in [0.2, 0.25) is 5.91 Å². The van der Waals surface area contributed by atoms with Crippen LogP contribution >= 0.6 is 0 Å². The third kappa shape index (κ3) is 3.46. The molecule has 1 rings (SSSR count). The van der Waals surface area contributed by atoms with Gasteiger partial charge in [-0.2, -0.15) is 0 Å². The number of nitrogens with one attached hydrogen (secondary N) is 1. The molecule has 2 N–H and O–H groups in total. The van der Waals surface area contributed by atoms with E-state index in [9.17, 15) is 9.90 Å². The molecule has 0 bridgehead atoms. The zero-order valence-electron chi connectivity index (χ0n) is 10.6. The van der Waals surface area contributed by atoms with Gasteiger partial charge < -0.3 is 10.4 Å². The van der Waals surface area contributed by atoms with Crippen molar-refractivity contribution in [2.45, 2.75) is 45.7 Å². The molecule has 1 saturated heterocycles. The smallest absolute Gasteiger partial charge is 0.237 e. The molecule has 2 atom stereocenters. The van der Waals surface area contributed by atoms with E-state index in [-0.39, 0.29) is 24.6 Å². The van der Waals surface area contributed by atoms with Crippen LogP contribution in [-0.4, -0.2) is 47.7 Å². The summed E-state index contributed by atoms with van der Waals surface area (Å²) in [5.41, 5.74) is 0. The van der Waals surface area contributed by atoms with Gasteiger partial charge in [-0.1, -0.05) is 13.8 Å². The summed E-state index contributed by atoms with van der Waals surface area (Å²) in [6, 6.07) is 0.0400. The van der Waals surface area contributed by atoms with Crippen LogP contribution < -0.4 is 5.32 Å². The first kappa shape index (κ1) is 13.5. The summed E-state index contributed by atoms with van der Waals surface area (Å²) in [7, 11) is 0. The van der Waals surface area contributed by atoms with Crippen molar-refractivity contribution in [2.24, 2.45) is 5.92 Å². The van der Waals surface area contributed by atoms with Crippen LogP contribution in [0.15, 0.2) is 0 Å². The van der Waals surface area contributed by atoms with Gasteiger partial charge in [0.15, 0.2) is 0 Å². The number of rotatable bonds is 5. The Balaban J connectivity index is 2.43. The standard InChI is InChI=1S/C12H24N2O2/c1-9(2)7-13-12(16)10(3)14-6-4-5-11(14)8-15/h9-11,15H,4-8H2,1-3H3,(H,13,16)/t10?,11-/m1/s1. The van der Waals surface area contributed by atoms with Crippen molar-refractivity contribution in [1.82, 2.24) is 10.2 Å². The van der Waals surface area contributed by atoms with E-state index in [0.29, 0.717) is 5.92 Å². The van der Waals surface area contributed by atoms with Gasteiger partial charge in [-0.25, -0.2) is 0 Å². The number of aliphatic hydroxyl groups is 1. The van der Waals surface area contributed by atoms with Crippen molar-refractivity contribution >= 4 is 5.91 Å². The Morgan fingerprint density at radius 1 is 1.50 bits per heavy atom. The van der Waals surface area contributed by atoms with E-state index in [1.54, 1.807) is 0 Å². The summed E-state index contributed by atoms with van der Waals surface area (Å²) in [5, 5.41) is 12.2. The van der Waals surface area contributed by atoms with Crippen LogP contribution in [0.2, 0.25) is 0 Å². The Hall–Kier alpha value is -0.610. The summed E-state index contributed by atoms with van der Waals surface area (Å²) < 4.78 is 0. The van der Waals surface area contributed by atoms with Crippen LogP contribution in [0.1, 0.15) is 33.6 Å². The molecule has 0 aromatic heterocycles. The summed E-state index contributed by atoms with van der Waals surface area (Å²) >= 11 is 0. The predicted octanol–water partition coefficient (Wildman–Crippen LogP) is 0.604. The number of aliphatic hydroxyl groups excluding tert-OH is 1. The molecule has 1 unspecified atom stereocenters. The molecule has 0 saturated carbocycles. The zero-order chi connectivity index (χ0) is 12.1. The Bertz CT molecular complexity index is 231. The van der Waals surface area contributed by atoms with Crippen molar-refractivity contribution in [3.05, 3.63) is 0 Å². The van der Waals surface area contributed by atoms with Gasteiger partial charge in [0.25, 0.3) is 0 Å². The van der Waals surface area contributed by atoms with Crippen molar-refractivity contribution in [1.29, 1.82) is 0 Å². The SMILES string of the molecule is CC(C)CNC(=O)C(C)N1CCC[C@@H]1CO. The fourth-order valence-electron chi connectivity index (χ4n) is 2.17. The Morgan fingerprint density at radius 2 is 2.19 bits per heavy atom. The number of carbonyl (C=O) groups excluding carboxylic acids is 1. The minimum absolute atomic E-state index is 0.0778. The van der Waals surface area contributed by atoms with Gasteiger partial charge >= 0.3 is 0 Å². The fraction of sp³-hybridized carbons (Fsp3) is 0.917. The average Bonchev–Trinajstić information content (AvgIpc) is 2.72. The van der Waals surface area contributed by atoms with E-state index in [4.69, 9.17) is 0 Å². The number of hydrogen-bond donors (Lipinski definition) is 2. The second kappa shape index (κ2) is 6.21. The lowest BCUT2D eigenvalue weighted by molar-refractivity contribution is -0.126. The third-order valence-corrected chi connectivity index (χ3v) is 3.19. The molecule has 0 aliphatic carbocycles. The highest BCUT2D eigenvalue weighted by Gasteiger charge is 2.31. The zero-order valence-corrected chi connectivity index (χ0v) is 10.6. The van der Waals surface area contributed by atoms with E-state index in [2.05, 4.69) is 24.1 Å². The van der Waals surface area contributed by atoms with Gasteiger partial charge in [-0.05, 0) is 32.2 Å². The second-order valence-corrected chi connectivity index (χ2v) is 5.03. The fourth-order valence-corrected chi connectivity index (χ4v) is 2.17. The maximum Gasteiger partial charge on any atom is 0.237 e. The lowest BCUT2D eigenvalue weighted by Gasteiger charge is -2.28. The summed E-state index contributed by atoms with van der Waals surface area (Å²) in [6.45, 7) is 7.88. The molecule has 1 heterocycles. The normalized spacial score (nSPS) is 23.7. The van der Waals surface area contributed by atoms with E-state index in [0.717, 1.165) is 25.9 Å². The molecular weight excluding hydrogens is 204 g/mol. The molecule has 16 heavy (non-hydrogen) atoms. The third-order valence-electron chi connectivity index (χ3n) is 3.19. The molecule has 94 valence electrons. The molecule has 0 aromatic rings. The van der Waals surface area contributed by atoms with Gasteiger partial charge in [-0.15, -0.1) is 0 Å². The highest BCUT2D eigenvalue weighted by atomic mass is 16.3. The summed E-state index contributed by atoms with van der Waals surface area (Å²) in [4.78, 5) is 14.0. The van der Waals surface area contributed by atoms with Crippen molar-refractivity contribution in [2.75, 3.05) is 19.7 Å². The van der Waals surface area contributed by atoms with Gasteiger partial charge in [0, 0.05) is 12.6 Å². The van der Waals surface area contributed by atoms with Gasteiger partial charge in [0.1, 0.15) is 0 Å². The molecule has 4 heteroatoms. The Morgan fingerprint density at radius 3 is 2.75 bits per heavy atom. The predicted molar refractivity (Wildman–Crippen MR) is 64.1 cm³/mol. The van der Waals surface area contributed by atoms with E-state index < -0.39 is 0 Å². The number of likely N-dealkylation sites (tertiary alicyclic amines) is 1. The van der Waals surface area contributed by atoms with Crippen LogP contribution in [0.5, 0.6) is 0 Å². The topological polar surface area (TPSA) is 52.6 Å². The first-order valence-corrected chi connectivity index (χ1v) is 6.20. The molecule has 4 nitrogen and oxygen atoms in total. The lowest BCUT2D eigenvalue weighted by atomic mass is 10.2. The molecule has 1 fully saturated rings. The largest absolute Gasteiger partial charge is 0.395 e. The highest BCUT2D eigenvalue weighted by Crippen LogP contribution is 2.19. The number of carbonyl (C=O) groups is 1. The van der Waals surface area contributed by atoms with Crippen LogP contribution in [0.4, 0.5) is 0 Å². The number of amides is 1. The maximum atomic E-state index is 11.9. The molecule has 0 aromatic carbocycles. The average molecular weight is 228 g/mol. The first-order valence-electron chi connectivity index (χ1n) is 6.20. The van der Waals surface area contributed by atoms with E-state index >= 15 is 0 Å². The lowest BCUT2D eigenvalue weighted by Crippen LogP contribution is -2.48. The minimum atomic E-state index is -0.126. The second-order valence-electron chi connectivity index (χ2n) is 5.03. The van der Waals surface area contributed by atoms with Crippen molar-refractivity contribution in [3.8, 4) is 0 Å². The summed E-state index contributed by atoms with van der Waals surface area (Å²) in [6.07, 6.45) is 2.07. The van der Waals surface area contributed by atoms with Crippen molar-refractivity contribution < 1.29 is 9.90 Å². The van der Waals surface area contributed by atoms with Gasteiger partial charge in [0.05, 0.1) is 12.6 Å². The molecule has 0 spiro atoms. The molecule has 1 aliphatic rings. The van der Waals surface area contributed by atoms with Crippen molar-refractivity contribution in [3.63, 3.8) is 0 Å². The number of nitrogens with zero attached hydrogens (tertiary/aromatic N) is 1. The summed E-state index contributed by atoms with van der Waals surface area (Å²) in [5.74, 6) is 0.553. The Labute approximate surface area is 98.0 Å². The van der Waals surface area contributed by atoms with Crippen LogP contribution in [0.3, 0.4) is 0 Å². The van der Waals surface area contributed by atoms with E-state index in [1.807, 2.05) is 6.92 Å². The molecular formula is C12H24N2O2. The molecule has 0 radical (unpaired) electrons. The first-order chi connectivity index (χ1) is 7.56. The van der Waals surface area contributed by atoms with E-state index in [1.165, 1.54) is 0 Å². The van der Waals surface area contributed by atoms with Crippen LogP contribution in [0, 0.1) is 5.92 Å². The monoisotopic (exact) mass is 228 g/mol. The van der Waals surface area contributed by atoms with Gasteiger partial charge in [-0.3, -0.25) is 9.69 Å².